The highest BCUT2D eigenvalue weighted by Crippen LogP contribution is 2.29. The van der Waals surface area contributed by atoms with Gasteiger partial charge in [0.05, 0.1) is 25.3 Å². The number of nitrogens with one attached hydrogen (secondary N) is 1. The lowest BCUT2D eigenvalue weighted by Crippen LogP contribution is -2.24. The van der Waals surface area contributed by atoms with Gasteiger partial charge in [0.15, 0.2) is 17.3 Å². The summed E-state index contributed by atoms with van der Waals surface area (Å²) < 4.78 is 25.4. The molecule has 1 aromatic heterocycles. The fourth-order valence-corrected chi connectivity index (χ4v) is 3.83. The molecule has 4 aromatic rings. The Hall–Kier alpha value is -4.46. The Morgan fingerprint density at radius 2 is 1.66 bits per heavy atom. The number of anilines is 1. The number of pyridine rings is 1. The Morgan fingerprint density at radius 3 is 2.34 bits per heavy atom. The number of fused-ring (bicyclic) bond motifs is 1. The van der Waals surface area contributed by atoms with E-state index in [0.29, 0.717) is 28.1 Å². The summed E-state index contributed by atoms with van der Waals surface area (Å²) in [5.41, 5.74) is 1.47. The molecule has 178 valence electrons. The zero-order chi connectivity index (χ0) is 25.1. The summed E-state index contributed by atoms with van der Waals surface area (Å²) >= 11 is 0. The molecule has 4 rings (SSSR count). The van der Waals surface area contributed by atoms with Crippen molar-refractivity contribution in [3.05, 3.63) is 99.6 Å². The van der Waals surface area contributed by atoms with Crippen LogP contribution in [0.4, 0.5) is 10.1 Å². The summed E-state index contributed by atoms with van der Waals surface area (Å²) in [5, 5.41) is 3.11. The molecule has 0 saturated heterocycles. The molecule has 0 bridgehead atoms. The van der Waals surface area contributed by atoms with Gasteiger partial charge in [-0.15, -0.1) is 0 Å². The van der Waals surface area contributed by atoms with Crippen LogP contribution >= 0.6 is 0 Å². The third-order valence-electron chi connectivity index (χ3n) is 5.57. The zero-order valence-electron chi connectivity index (χ0n) is 19.4. The minimum Gasteiger partial charge on any atom is -0.493 e. The number of ketones is 1. The quantitative estimate of drug-likeness (QED) is 0.403. The van der Waals surface area contributed by atoms with E-state index in [0.717, 1.165) is 17.7 Å². The number of halogens is 1. The van der Waals surface area contributed by atoms with Crippen molar-refractivity contribution in [2.24, 2.45) is 0 Å². The molecule has 8 heteroatoms. The summed E-state index contributed by atoms with van der Waals surface area (Å²) in [5.74, 6) is -0.423. The number of amides is 1. The van der Waals surface area contributed by atoms with E-state index in [1.165, 1.54) is 32.5 Å². The number of carbonyl (C=O) groups excluding carboxylic acids is 2. The number of hydrogen-bond donors (Lipinski definition) is 1. The highest BCUT2D eigenvalue weighted by molar-refractivity contribution is 6.10. The van der Waals surface area contributed by atoms with Crippen molar-refractivity contribution in [2.75, 3.05) is 19.5 Å². The van der Waals surface area contributed by atoms with E-state index in [1.807, 2.05) is 13.0 Å². The monoisotopic (exact) mass is 474 g/mol. The van der Waals surface area contributed by atoms with Crippen molar-refractivity contribution in [3.8, 4) is 11.5 Å². The highest BCUT2D eigenvalue weighted by Gasteiger charge is 2.19. The molecule has 7 nitrogen and oxygen atoms in total. The van der Waals surface area contributed by atoms with E-state index in [9.17, 15) is 18.8 Å². The van der Waals surface area contributed by atoms with E-state index in [4.69, 9.17) is 9.47 Å². The second-order valence-electron chi connectivity index (χ2n) is 7.97. The first-order valence-corrected chi connectivity index (χ1v) is 10.8. The molecule has 0 unspecified atom stereocenters. The molecule has 1 amide bonds. The molecular formula is C27H23FN2O5. The minimum absolute atomic E-state index is 0.103. The number of methoxy groups -OCH3 is 2. The van der Waals surface area contributed by atoms with Crippen molar-refractivity contribution >= 4 is 28.3 Å². The fourth-order valence-electron chi connectivity index (χ4n) is 3.83. The molecule has 35 heavy (non-hydrogen) atoms. The average molecular weight is 474 g/mol. The van der Waals surface area contributed by atoms with Gasteiger partial charge >= 0.3 is 0 Å². The van der Waals surface area contributed by atoms with E-state index in [-0.39, 0.29) is 23.6 Å². The van der Waals surface area contributed by atoms with Crippen molar-refractivity contribution in [1.82, 2.24) is 4.57 Å². The van der Waals surface area contributed by atoms with E-state index in [1.54, 1.807) is 34.9 Å². The SMILES string of the molecule is COc1ccc(NC(=O)Cn2cc(C(=O)c3ccc(F)cc3)c(=O)c3cc(C)ccc32)cc1OC. The summed E-state index contributed by atoms with van der Waals surface area (Å²) in [6.07, 6.45) is 1.37. The van der Waals surface area contributed by atoms with E-state index >= 15 is 0 Å². The predicted octanol–water partition coefficient (Wildman–Crippen LogP) is 4.34. The minimum atomic E-state index is -0.549. The number of hydrogen-bond acceptors (Lipinski definition) is 5. The predicted molar refractivity (Wildman–Crippen MR) is 131 cm³/mol. The van der Waals surface area contributed by atoms with Crippen LogP contribution in [0.5, 0.6) is 11.5 Å². The van der Waals surface area contributed by atoms with Crippen molar-refractivity contribution in [3.63, 3.8) is 0 Å². The smallest absolute Gasteiger partial charge is 0.244 e. The molecule has 0 spiro atoms. The Kier molecular flexibility index (Phi) is 6.64. The number of rotatable bonds is 7. The second-order valence-corrected chi connectivity index (χ2v) is 7.97. The fraction of sp³-hybridized carbons (Fsp3) is 0.148. The first kappa shape index (κ1) is 23.7. The van der Waals surface area contributed by atoms with Gasteiger partial charge in [-0.25, -0.2) is 4.39 Å². The first-order valence-electron chi connectivity index (χ1n) is 10.8. The van der Waals surface area contributed by atoms with Crippen LogP contribution in [-0.4, -0.2) is 30.5 Å². The van der Waals surface area contributed by atoms with Gasteiger partial charge in [-0.05, 0) is 55.5 Å². The molecule has 0 aliphatic carbocycles. The highest BCUT2D eigenvalue weighted by atomic mass is 19.1. The van der Waals surface area contributed by atoms with Gasteiger partial charge in [-0.2, -0.15) is 0 Å². The molecule has 0 aliphatic rings. The normalized spacial score (nSPS) is 10.7. The summed E-state index contributed by atoms with van der Waals surface area (Å²) in [4.78, 5) is 39.2. The van der Waals surface area contributed by atoms with Crippen molar-refractivity contribution < 1.29 is 23.5 Å². The van der Waals surface area contributed by atoms with Crippen LogP contribution < -0.4 is 20.2 Å². The van der Waals surface area contributed by atoms with Gasteiger partial charge in [-0.1, -0.05) is 11.6 Å². The molecule has 1 heterocycles. The number of nitrogens with zero attached hydrogens (tertiary/aromatic N) is 1. The average Bonchev–Trinajstić information content (AvgIpc) is 2.85. The molecule has 0 aliphatic heterocycles. The maximum absolute atomic E-state index is 13.3. The van der Waals surface area contributed by atoms with Crippen LogP contribution in [0.3, 0.4) is 0 Å². The van der Waals surface area contributed by atoms with Crippen molar-refractivity contribution in [2.45, 2.75) is 13.5 Å². The maximum atomic E-state index is 13.3. The molecule has 0 radical (unpaired) electrons. The number of aryl methyl sites for hydroxylation is 1. The largest absolute Gasteiger partial charge is 0.493 e. The third kappa shape index (κ3) is 4.91. The van der Waals surface area contributed by atoms with Crippen molar-refractivity contribution in [1.29, 1.82) is 0 Å². The van der Waals surface area contributed by atoms with Gasteiger partial charge in [0.2, 0.25) is 11.3 Å². The van der Waals surface area contributed by atoms with Crippen LogP contribution in [0.1, 0.15) is 21.5 Å². The molecule has 3 aromatic carbocycles. The van der Waals surface area contributed by atoms with Crippen LogP contribution in [-0.2, 0) is 11.3 Å². The van der Waals surface area contributed by atoms with Gasteiger partial charge in [0.25, 0.3) is 0 Å². The molecule has 0 atom stereocenters. The van der Waals surface area contributed by atoms with Crippen LogP contribution in [0.2, 0.25) is 0 Å². The Labute approximate surface area is 200 Å². The number of benzene rings is 3. The standard InChI is InChI=1S/C27H23FN2O5/c1-16-4-10-22-20(12-16)27(33)21(26(32)17-5-7-18(28)8-6-17)14-30(22)15-25(31)29-19-9-11-23(34-2)24(13-19)35-3/h4-14H,15H2,1-3H3,(H,29,31). The molecule has 0 saturated carbocycles. The molecule has 1 N–H and O–H groups in total. The first-order chi connectivity index (χ1) is 16.8. The van der Waals surface area contributed by atoms with Gasteiger partial charge < -0.3 is 19.4 Å². The maximum Gasteiger partial charge on any atom is 0.244 e. The lowest BCUT2D eigenvalue weighted by Gasteiger charge is -2.15. The van der Waals surface area contributed by atoms with Gasteiger partial charge in [0.1, 0.15) is 12.4 Å². The van der Waals surface area contributed by atoms with Crippen LogP contribution in [0.25, 0.3) is 10.9 Å². The van der Waals surface area contributed by atoms with Crippen LogP contribution in [0.15, 0.2) is 71.7 Å². The number of carbonyl (C=O) groups is 2. The lowest BCUT2D eigenvalue weighted by molar-refractivity contribution is -0.116. The van der Waals surface area contributed by atoms with E-state index in [2.05, 4.69) is 5.32 Å². The summed E-state index contributed by atoms with van der Waals surface area (Å²) in [7, 11) is 3.02. The summed E-state index contributed by atoms with van der Waals surface area (Å²) in [6.45, 7) is 1.68. The Bertz CT molecular complexity index is 1490. The lowest BCUT2D eigenvalue weighted by atomic mass is 10.0. The number of ether oxygens (including phenoxy) is 2. The Balaban J connectivity index is 1.72. The number of aromatic nitrogens is 1. The second kappa shape index (κ2) is 9.80. The van der Waals surface area contributed by atoms with Crippen LogP contribution in [0, 0.1) is 12.7 Å². The topological polar surface area (TPSA) is 86.6 Å². The van der Waals surface area contributed by atoms with Gasteiger partial charge in [0, 0.05) is 28.9 Å². The van der Waals surface area contributed by atoms with Gasteiger partial charge in [-0.3, -0.25) is 14.4 Å². The molecular weight excluding hydrogens is 451 g/mol. The molecule has 0 fully saturated rings. The zero-order valence-corrected chi connectivity index (χ0v) is 19.4. The summed E-state index contributed by atoms with van der Waals surface area (Å²) in [6, 6.07) is 15.2. The Morgan fingerprint density at radius 1 is 0.943 bits per heavy atom. The third-order valence-corrected chi connectivity index (χ3v) is 5.57. The van der Waals surface area contributed by atoms with E-state index < -0.39 is 17.0 Å².